The summed E-state index contributed by atoms with van der Waals surface area (Å²) in [7, 11) is 0. The molecule has 0 radical (unpaired) electrons. The lowest BCUT2D eigenvalue weighted by atomic mass is 10.0. The minimum Gasteiger partial charge on any atom is -0.222 e. The summed E-state index contributed by atoms with van der Waals surface area (Å²) >= 11 is 7.73. The van der Waals surface area contributed by atoms with Gasteiger partial charge in [-0.2, -0.15) is 0 Å². The van der Waals surface area contributed by atoms with Gasteiger partial charge < -0.3 is 0 Å². The molecule has 1 heterocycles. The van der Waals surface area contributed by atoms with Crippen molar-refractivity contribution in [2.24, 2.45) is 0 Å². The zero-order valence-corrected chi connectivity index (χ0v) is 11.9. The Labute approximate surface area is 120 Å². The summed E-state index contributed by atoms with van der Waals surface area (Å²) in [5.74, 6) is 0. The SMILES string of the molecule is CSc1nc(Cl)c2cc(-c3ccccc3)ccc2n1. The Bertz CT molecular complexity index is 729. The molecule has 0 aliphatic heterocycles. The topological polar surface area (TPSA) is 25.8 Å². The highest BCUT2D eigenvalue weighted by Crippen LogP contribution is 2.28. The van der Waals surface area contributed by atoms with Gasteiger partial charge in [0.2, 0.25) is 0 Å². The van der Waals surface area contributed by atoms with Crippen LogP contribution in [0, 0.1) is 0 Å². The summed E-state index contributed by atoms with van der Waals surface area (Å²) in [4.78, 5) is 8.73. The average Bonchev–Trinajstić information content (AvgIpc) is 2.47. The Balaban J connectivity index is 2.19. The van der Waals surface area contributed by atoms with E-state index in [1.807, 2.05) is 36.6 Å². The molecule has 0 aliphatic rings. The molecule has 0 amide bonds. The van der Waals surface area contributed by atoms with Crippen molar-refractivity contribution in [1.82, 2.24) is 9.97 Å². The highest BCUT2D eigenvalue weighted by molar-refractivity contribution is 7.98. The second-order valence-corrected chi connectivity index (χ2v) is 5.23. The highest BCUT2D eigenvalue weighted by Gasteiger charge is 2.07. The first-order valence-corrected chi connectivity index (χ1v) is 7.45. The molecule has 0 fully saturated rings. The maximum Gasteiger partial charge on any atom is 0.189 e. The quantitative estimate of drug-likeness (QED) is 0.389. The maximum absolute atomic E-state index is 6.24. The molecular formula is C15H11ClN2S. The van der Waals surface area contributed by atoms with Crippen LogP contribution in [-0.2, 0) is 0 Å². The molecule has 0 atom stereocenters. The Morgan fingerprint density at radius 2 is 1.74 bits per heavy atom. The van der Waals surface area contributed by atoms with Gasteiger partial charge in [-0.05, 0) is 29.5 Å². The number of rotatable bonds is 2. The molecule has 0 N–H and O–H groups in total. The monoisotopic (exact) mass is 286 g/mol. The molecule has 94 valence electrons. The first-order chi connectivity index (χ1) is 9.28. The fourth-order valence-electron chi connectivity index (χ4n) is 1.97. The second-order valence-electron chi connectivity index (χ2n) is 4.10. The van der Waals surface area contributed by atoms with Gasteiger partial charge in [0.05, 0.1) is 5.52 Å². The summed E-state index contributed by atoms with van der Waals surface area (Å²) in [6.07, 6.45) is 1.94. The number of fused-ring (bicyclic) bond motifs is 1. The van der Waals surface area contributed by atoms with E-state index in [1.54, 1.807) is 0 Å². The maximum atomic E-state index is 6.24. The van der Waals surface area contributed by atoms with Gasteiger partial charge in [0.25, 0.3) is 0 Å². The highest BCUT2D eigenvalue weighted by atomic mass is 35.5. The van der Waals surface area contributed by atoms with E-state index < -0.39 is 0 Å². The third-order valence-electron chi connectivity index (χ3n) is 2.92. The van der Waals surface area contributed by atoms with Crippen LogP contribution in [0.15, 0.2) is 53.7 Å². The fraction of sp³-hybridized carbons (Fsp3) is 0.0667. The van der Waals surface area contributed by atoms with Crippen molar-refractivity contribution in [3.63, 3.8) is 0 Å². The molecule has 4 heteroatoms. The number of halogens is 1. The normalized spacial score (nSPS) is 10.8. The minimum atomic E-state index is 0.507. The van der Waals surface area contributed by atoms with Gasteiger partial charge in [-0.15, -0.1) is 0 Å². The van der Waals surface area contributed by atoms with Crippen molar-refractivity contribution in [1.29, 1.82) is 0 Å². The molecule has 0 saturated heterocycles. The van der Waals surface area contributed by atoms with Crippen molar-refractivity contribution < 1.29 is 0 Å². The van der Waals surface area contributed by atoms with Gasteiger partial charge in [-0.1, -0.05) is 59.8 Å². The van der Waals surface area contributed by atoms with Crippen LogP contribution in [0.2, 0.25) is 5.15 Å². The lowest BCUT2D eigenvalue weighted by Gasteiger charge is -2.06. The molecule has 3 aromatic rings. The van der Waals surface area contributed by atoms with Crippen molar-refractivity contribution in [3.05, 3.63) is 53.7 Å². The largest absolute Gasteiger partial charge is 0.222 e. The number of benzene rings is 2. The van der Waals surface area contributed by atoms with E-state index in [-0.39, 0.29) is 0 Å². The van der Waals surface area contributed by atoms with Crippen molar-refractivity contribution in [3.8, 4) is 11.1 Å². The number of hydrogen-bond donors (Lipinski definition) is 0. The Morgan fingerprint density at radius 1 is 0.947 bits per heavy atom. The van der Waals surface area contributed by atoms with Crippen LogP contribution in [0.25, 0.3) is 22.0 Å². The van der Waals surface area contributed by atoms with Gasteiger partial charge in [0, 0.05) is 5.39 Å². The Kier molecular flexibility index (Phi) is 3.40. The standard InChI is InChI=1S/C15H11ClN2S/c1-19-15-17-13-8-7-11(9-12(13)14(16)18-15)10-5-3-2-4-6-10/h2-9H,1H3. The molecule has 0 saturated carbocycles. The van der Waals surface area contributed by atoms with Crippen molar-refractivity contribution >= 4 is 34.3 Å². The van der Waals surface area contributed by atoms with E-state index in [0.717, 1.165) is 22.0 Å². The van der Waals surface area contributed by atoms with E-state index in [4.69, 9.17) is 11.6 Å². The van der Waals surface area contributed by atoms with E-state index in [9.17, 15) is 0 Å². The molecule has 0 spiro atoms. The molecule has 1 aromatic heterocycles. The van der Waals surface area contributed by atoms with E-state index in [2.05, 4.69) is 28.2 Å². The first-order valence-electron chi connectivity index (χ1n) is 5.84. The molecule has 19 heavy (non-hydrogen) atoms. The van der Waals surface area contributed by atoms with E-state index in [1.165, 1.54) is 11.8 Å². The van der Waals surface area contributed by atoms with Crippen LogP contribution in [-0.4, -0.2) is 16.2 Å². The van der Waals surface area contributed by atoms with Crippen LogP contribution in [0.1, 0.15) is 0 Å². The molecule has 3 rings (SSSR count). The lowest BCUT2D eigenvalue weighted by Crippen LogP contribution is -1.90. The van der Waals surface area contributed by atoms with Gasteiger partial charge in [-0.3, -0.25) is 0 Å². The Morgan fingerprint density at radius 3 is 2.47 bits per heavy atom. The molecule has 2 aromatic carbocycles. The van der Waals surface area contributed by atoms with Gasteiger partial charge in [0.15, 0.2) is 5.16 Å². The summed E-state index contributed by atoms with van der Waals surface area (Å²) < 4.78 is 0. The smallest absolute Gasteiger partial charge is 0.189 e. The predicted molar refractivity (Wildman–Crippen MR) is 81.8 cm³/mol. The zero-order valence-electron chi connectivity index (χ0n) is 10.3. The van der Waals surface area contributed by atoms with Crippen LogP contribution in [0.4, 0.5) is 0 Å². The summed E-state index contributed by atoms with van der Waals surface area (Å²) in [5, 5.41) is 2.10. The summed E-state index contributed by atoms with van der Waals surface area (Å²) in [5.41, 5.74) is 3.16. The predicted octanol–water partition coefficient (Wildman–Crippen LogP) is 4.67. The molecule has 0 aliphatic carbocycles. The fourth-order valence-corrected chi connectivity index (χ4v) is 2.63. The molecule has 0 unspecified atom stereocenters. The van der Waals surface area contributed by atoms with Gasteiger partial charge >= 0.3 is 0 Å². The third kappa shape index (κ3) is 2.44. The van der Waals surface area contributed by atoms with E-state index in [0.29, 0.717) is 10.3 Å². The van der Waals surface area contributed by atoms with Crippen LogP contribution >= 0.6 is 23.4 Å². The van der Waals surface area contributed by atoms with Gasteiger partial charge in [0.1, 0.15) is 5.15 Å². The van der Waals surface area contributed by atoms with E-state index >= 15 is 0 Å². The number of thioether (sulfide) groups is 1. The summed E-state index contributed by atoms with van der Waals surface area (Å²) in [6.45, 7) is 0. The minimum absolute atomic E-state index is 0.507. The lowest BCUT2D eigenvalue weighted by molar-refractivity contribution is 1.01. The third-order valence-corrected chi connectivity index (χ3v) is 3.75. The number of aromatic nitrogens is 2. The van der Waals surface area contributed by atoms with Crippen LogP contribution < -0.4 is 0 Å². The van der Waals surface area contributed by atoms with Crippen molar-refractivity contribution in [2.45, 2.75) is 5.16 Å². The average molecular weight is 287 g/mol. The van der Waals surface area contributed by atoms with Gasteiger partial charge in [-0.25, -0.2) is 9.97 Å². The second kappa shape index (κ2) is 5.19. The number of hydrogen-bond acceptors (Lipinski definition) is 3. The molecular weight excluding hydrogens is 276 g/mol. The Hall–Kier alpha value is -1.58. The first kappa shape index (κ1) is 12.5. The molecule has 2 nitrogen and oxygen atoms in total. The van der Waals surface area contributed by atoms with Crippen molar-refractivity contribution in [2.75, 3.05) is 6.26 Å². The van der Waals surface area contributed by atoms with Crippen LogP contribution in [0.3, 0.4) is 0 Å². The van der Waals surface area contributed by atoms with Crippen LogP contribution in [0.5, 0.6) is 0 Å². The molecule has 0 bridgehead atoms. The summed E-state index contributed by atoms with van der Waals surface area (Å²) in [6, 6.07) is 16.3. The number of nitrogens with zero attached hydrogens (tertiary/aromatic N) is 2. The zero-order chi connectivity index (χ0) is 13.2.